The molecule has 1 aliphatic heterocycles. The number of benzene rings is 2. The molecule has 0 radical (unpaired) electrons. The minimum Gasteiger partial charge on any atom is -0.356 e. The third-order valence-corrected chi connectivity index (χ3v) is 5.01. The first-order valence-corrected chi connectivity index (χ1v) is 9.60. The summed E-state index contributed by atoms with van der Waals surface area (Å²) < 4.78 is 0. The predicted molar refractivity (Wildman–Crippen MR) is 110 cm³/mol. The van der Waals surface area contributed by atoms with E-state index < -0.39 is 0 Å². The number of rotatable bonds is 4. The van der Waals surface area contributed by atoms with Gasteiger partial charge in [-0.3, -0.25) is 4.79 Å². The molecular formula is C22H24N4O. The number of nitrogens with zero attached hydrogens (tertiary/aromatic N) is 3. The van der Waals surface area contributed by atoms with E-state index in [1.165, 1.54) is 25.7 Å². The summed E-state index contributed by atoms with van der Waals surface area (Å²) in [5.74, 6) is 1.60. The molecule has 138 valence electrons. The van der Waals surface area contributed by atoms with E-state index in [9.17, 15) is 4.79 Å². The standard InChI is InChI=1S/C22H24N4O/c1-16(27)17-9-8-10-18(15-17)23-22-24-20-12-5-4-11-19(20)21(25-22)26-13-6-2-3-7-14-26/h4-5,8-12,15H,2-3,6-7,13-14H2,1H3,(H,23,24,25). The van der Waals surface area contributed by atoms with Crippen LogP contribution in [-0.2, 0) is 0 Å². The van der Waals surface area contributed by atoms with Crippen molar-refractivity contribution in [2.45, 2.75) is 32.6 Å². The molecule has 1 aromatic heterocycles. The van der Waals surface area contributed by atoms with Crippen LogP contribution in [0.5, 0.6) is 0 Å². The topological polar surface area (TPSA) is 58.1 Å². The minimum atomic E-state index is 0.0448. The van der Waals surface area contributed by atoms with Gasteiger partial charge in [-0.05, 0) is 44.0 Å². The Morgan fingerprint density at radius 2 is 1.74 bits per heavy atom. The molecule has 2 aromatic carbocycles. The normalized spacial score (nSPS) is 14.8. The van der Waals surface area contributed by atoms with Gasteiger partial charge in [0.05, 0.1) is 5.52 Å². The number of nitrogens with one attached hydrogen (secondary N) is 1. The molecule has 27 heavy (non-hydrogen) atoms. The number of ketones is 1. The van der Waals surface area contributed by atoms with E-state index in [0.29, 0.717) is 11.5 Å². The van der Waals surface area contributed by atoms with Crippen molar-refractivity contribution in [2.75, 3.05) is 23.3 Å². The van der Waals surface area contributed by atoms with Gasteiger partial charge in [-0.1, -0.05) is 37.1 Å². The van der Waals surface area contributed by atoms with E-state index in [1.807, 2.05) is 42.5 Å². The fourth-order valence-electron chi connectivity index (χ4n) is 3.58. The van der Waals surface area contributed by atoms with Crippen molar-refractivity contribution < 1.29 is 4.79 Å². The zero-order valence-electron chi connectivity index (χ0n) is 15.6. The Kier molecular flexibility index (Phi) is 5.01. The molecule has 0 aliphatic carbocycles. The van der Waals surface area contributed by atoms with Gasteiger partial charge in [0.15, 0.2) is 5.78 Å². The van der Waals surface area contributed by atoms with Crippen LogP contribution in [-0.4, -0.2) is 28.8 Å². The number of carbonyl (C=O) groups excluding carboxylic acids is 1. The van der Waals surface area contributed by atoms with Crippen molar-refractivity contribution >= 4 is 34.1 Å². The summed E-state index contributed by atoms with van der Waals surface area (Å²) in [6.45, 7) is 3.63. The van der Waals surface area contributed by atoms with E-state index >= 15 is 0 Å². The lowest BCUT2D eigenvalue weighted by molar-refractivity contribution is 0.101. The maximum absolute atomic E-state index is 11.7. The Hall–Kier alpha value is -2.95. The number of Topliss-reactive ketones (excluding diaryl/α,β-unsaturated/α-hetero) is 1. The van der Waals surface area contributed by atoms with Gasteiger partial charge < -0.3 is 10.2 Å². The quantitative estimate of drug-likeness (QED) is 0.667. The van der Waals surface area contributed by atoms with Gasteiger partial charge in [-0.2, -0.15) is 4.98 Å². The van der Waals surface area contributed by atoms with Crippen LogP contribution < -0.4 is 10.2 Å². The Morgan fingerprint density at radius 1 is 0.963 bits per heavy atom. The number of hydrogen-bond donors (Lipinski definition) is 1. The molecule has 0 spiro atoms. The van der Waals surface area contributed by atoms with Gasteiger partial charge >= 0.3 is 0 Å². The molecule has 2 heterocycles. The van der Waals surface area contributed by atoms with E-state index in [1.54, 1.807) is 6.92 Å². The first-order chi connectivity index (χ1) is 13.2. The average Bonchev–Trinajstić information content (AvgIpc) is 2.97. The summed E-state index contributed by atoms with van der Waals surface area (Å²) in [7, 11) is 0. The number of anilines is 3. The zero-order chi connectivity index (χ0) is 18.6. The number of aromatic nitrogens is 2. The Bertz CT molecular complexity index is 961. The molecule has 1 fully saturated rings. The van der Waals surface area contributed by atoms with Crippen LogP contribution in [0, 0.1) is 0 Å². The van der Waals surface area contributed by atoms with Gasteiger partial charge in [0.25, 0.3) is 0 Å². The SMILES string of the molecule is CC(=O)c1cccc(Nc2nc(N3CCCCCC3)c3ccccc3n2)c1. The third kappa shape index (κ3) is 3.92. The first kappa shape index (κ1) is 17.5. The summed E-state index contributed by atoms with van der Waals surface area (Å²) in [6.07, 6.45) is 4.95. The summed E-state index contributed by atoms with van der Waals surface area (Å²) >= 11 is 0. The fraction of sp³-hybridized carbons (Fsp3) is 0.318. The van der Waals surface area contributed by atoms with Crippen LogP contribution in [0.2, 0.25) is 0 Å². The van der Waals surface area contributed by atoms with Crippen molar-refractivity contribution in [3.8, 4) is 0 Å². The lowest BCUT2D eigenvalue weighted by atomic mass is 10.1. The molecule has 0 unspecified atom stereocenters. The summed E-state index contributed by atoms with van der Waals surface area (Å²) in [6, 6.07) is 15.6. The first-order valence-electron chi connectivity index (χ1n) is 9.60. The number of carbonyl (C=O) groups is 1. The second-order valence-corrected chi connectivity index (χ2v) is 7.05. The highest BCUT2D eigenvalue weighted by Crippen LogP contribution is 2.28. The molecule has 0 amide bonds. The molecule has 3 aromatic rings. The summed E-state index contributed by atoms with van der Waals surface area (Å²) in [5.41, 5.74) is 2.42. The molecule has 0 atom stereocenters. The number of fused-ring (bicyclic) bond motifs is 1. The lowest BCUT2D eigenvalue weighted by Gasteiger charge is -2.23. The van der Waals surface area contributed by atoms with Gasteiger partial charge in [-0.15, -0.1) is 0 Å². The average molecular weight is 360 g/mol. The van der Waals surface area contributed by atoms with Crippen LogP contribution in [0.3, 0.4) is 0 Å². The molecule has 0 bridgehead atoms. The molecule has 1 aliphatic rings. The Morgan fingerprint density at radius 3 is 2.52 bits per heavy atom. The molecule has 0 saturated carbocycles. The van der Waals surface area contributed by atoms with Crippen molar-refractivity contribution in [3.63, 3.8) is 0 Å². The van der Waals surface area contributed by atoms with Gasteiger partial charge in [-0.25, -0.2) is 4.98 Å². The van der Waals surface area contributed by atoms with Crippen molar-refractivity contribution in [2.24, 2.45) is 0 Å². The van der Waals surface area contributed by atoms with Crippen molar-refractivity contribution in [3.05, 3.63) is 54.1 Å². The third-order valence-electron chi connectivity index (χ3n) is 5.01. The van der Waals surface area contributed by atoms with Crippen LogP contribution in [0.25, 0.3) is 10.9 Å². The molecular weight excluding hydrogens is 336 g/mol. The van der Waals surface area contributed by atoms with E-state index in [-0.39, 0.29) is 5.78 Å². The van der Waals surface area contributed by atoms with Crippen LogP contribution >= 0.6 is 0 Å². The monoisotopic (exact) mass is 360 g/mol. The van der Waals surface area contributed by atoms with Crippen LogP contribution in [0.1, 0.15) is 43.0 Å². The van der Waals surface area contributed by atoms with E-state index in [4.69, 9.17) is 9.97 Å². The molecule has 1 N–H and O–H groups in total. The lowest BCUT2D eigenvalue weighted by Crippen LogP contribution is -2.25. The Labute approximate surface area is 159 Å². The predicted octanol–water partition coefficient (Wildman–Crippen LogP) is 4.96. The molecule has 4 rings (SSSR count). The number of para-hydroxylation sites is 1. The summed E-state index contributed by atoms with van der Waals surface area (Å²) in [4.78, 5) is 23.6. The zero-order valence-corrected chi connectivity index (χ0v) is 15.6. The van der Waals surface area contributed by atoms with E-state index in [0.717, 1.165) is 35.5 Å². The van der Waals surface area contributed by atoms with Crippen molar-refractivity contribution in [1.29, 1.82) is 0 Å². The van der Waals surface area contributed by atoms with Crippen LogP contribution in [0.15, 0.2) is 48.5 Å². The second kappa shape index (κ2) is 7.74. The fourth-order valence-corrected chi connectivity index (χ4v) is 3.58. The van der Waals surface area contributed by atoms with Crippen molar-refractivity contribution in [1.82, 2.24) is 9.97 Å². The minimum absolute atomic E-state index is 0.0448. The maximum atomic E-state index is 11.7. The second-order valence-electron chi connectivity index (χ2n) is 7.05. The van der Waals surface area contributed by atoms with Gasteiger partial charge in [0, 0.05) is 29.7 Å². The van der Waals surface area contributed by atoms with Gasteiger partial charge in [0.2, 0.25) is 5.95 Å². The molecule has 5 nitrogen and oxygen atoms in total. The van der Waals surface area contributed by atoms with Gasteiger partial charge in [0.1, 0.15) is 5.82 Å². The highest BCUT2D eigenvalue weighted by atomic mass is 16.1. The van der Waals surface area contributed by atoms with Crippen LogP contribution in [0.4, 0.5) is 17.5 Å². The van der Waals surface area contributed by atoms with E-state index in [2.05, 4.69) is 16.3 Å². The molecule has 1 saturated heterocycles. The highest BCUT2D eigenvalue weighted by molar-refractivity contribution is 5.95. The maximum Gasteiger partial charge on any atom is 0.229 e. The highest BCUT2D eigenvalue weighted by Gasteiger charge is 2.16. The summed E-state index contributed by atoms with van der Waals surface area (Å²) in [5, 5.41) is 4.37. The Balaban J connectivity index is 1.73. The largest absolute Gasteiger partial charge is 0.356 e. The smallest absolute Gasteiger partial charge is 0.229 e. The molecule has 5 heteroatoms. The number of hydrogen-bond acceptors (Lipinski definition) is 5.